The van der Waals surface area contributed by atoms with Crippen molar-refractivity contribution in [3.05, 3.63) is 74.8 Å². The van der Waals surface area contributed by atoms with Crippen molar-refractivity contribution in [1.82, 2.24) is 5.32 Å². The Morgan fingerprint density at radius 3 is 2.72 bits per heavy atom. The van der Waals surface area contributed by atoms with Crippen LogP contribution in [0.4, 0.5) is 0 Å². The number of benzene rings is 1. The molecule has 4 rings (SSSR count). The predicted octanol–water partition coefficient (Wildman–Crippen LogP) is 4.31. The third-order valence-corrected chi connectivity index (χ3v) is 6.90. The summed E-state index contributed by atoms with van der Waals surface area (Å²) in [4.78, 5) is 27.5. The van der Waals surface area contributed by atoms with Gasteiger partial charge in [0.1, 0.15) is 12.4 Å². The van der Waals surface area contributed by atoms with Crippen LogP contribution < -0.4 is 10.1 Å². The van der Waals surface area contributed by atoms with E-state index in [1.807, 2.05) is 48.7 Å². The minimum absolute atomic E-state index is 0.0517. The third-order valence-electron chi connectivity index (χ3n) is 5.96. The van der Waals surface area contributed by atoms with Crippen molar-refractivity contribution >= 4 is 23.1 Å². The van der Waals surface area contributed by atoms with Crippen LogP contribution in [0.1, 0.15) is 42.0 Å². The number of hydrogen-bond donors (Lipinski definition) is 1. The molecule has 7 heteroatoms. The van der Waals surface area contributed by atoms with Gasteiger partial charge in [0, 0.05) is 35.4 Å². The molecule has 0 saturated carbocycles. The maximum Gasteiger partial charge on any atom is 0.336 e. The molecule has 0 saturated heterocycles. The zero-order valence-corrected chi connectivity index (χ0v) is 19.3. The minimum Gasteiger partial charge on any atom is -0.497 e. The molecular weight excluding hydrogens is 426 g/mol. The molecule has 1 aromatic carbocycles. The summed E-state index contributed by atoms with van der Waals surface area (Å²) in [5.74, 6) is 0.0511. The van der Waals surface area contributed by atoms with E-state index in [0.29, 0.717) is 30.6 Å². The van der Waals surface area contributed by atoms with Crippen LogP contribution >= 0.6 is 11.3 Å². The second-order valence-corrected chi connectivity index (χ2v) is 8.92. The number of esters is 1. The molecule has 2 aromatic rings. The van der Waals surface area contributed by atoms with E-state index in [-0.39, 0.29) is 18.3 Å². The molecule has 1 aromatic heterocycles. The summed E-state index contributed by atoms with van der Waals surface area (Å²) >= 11 is 1.54. The Morgan fingerprint density at radius 2 is 2.00 bits per heavy atom. The maximum absolute atomic E-state index is 13.5. The topological polar surface area (TPSA) is 73.9 Å². The number of ether oxygens (including phenoxy) is 3. The summed E-state index contributed by atoms with van der Waals surface area (Å²) in [7, 11) is 3.20. The Bertz CT molecular complexity index is 1070. The van der Waals surface area contributed by atoms with Gasteiger partial charge >= 0.3 is 5.97 Å². The fourth-order valence-corrected chi connectivity index (χ4v) is 5.32. The van der Waals surface area contributed by atoms with Crippen LogP contribution in [0.15, 0.2) is 64.3 Å². The molecule has 2 heterocycles. The fraction of sp³-hybridized carbons (Fsp3) is 0.360. The molecule has 0 radical (unpaired) electrons. The van der Waals surface area contributed by atoms with Gasteiger partial charge in [0.2, 0.25) is 0 Å². The first-order valence-electron chi connectivity index (χ1n) is 10.6. The summed E-state index contributed by atoms with van der Waals surface area (Å²) in [5, 5.41) is 5.34. The standard InChI is InChI=1S/C25H27NO5S/c1-15-22(25(28)31-10-9-29-2)24(21-8-5-11-32-21)23-19(26-15)13-17(14-20(23)27)16-6-4-7-18(12-16)30-3/h4-8,11-12,17,24,26H,9-10,13-14H2,1-3H3/t17-,24+/m0/s1. The van der Waals surface area contributed by atoms with Crippen LogP contribution in [0, 0.1) is 0 Å². The normalized spacial score (nSPS) is 20.7. The highest BCUT2D eigenvalue weighted by Gasteiger charge is 2.41. The van der Waals surface area contributed by atoms with Crippen LogP contribution in [0.3, 0.4) is 0 Å². The van der Waals surface area contributed by atoms with Gasteiger partial charge in [-0.1, -0.05) is 18.2 Å². The number of carbonyl (C=O) groups is 2. The van der Waals surface area contributed by atoms with E-state index in [1.54, 1.807) is 25.6 Å². The number of ketones is 1. The first-order chi connectivity index (χ1) is 15.5. The second-order valence-electron chi connectivity index (χ2n) is 7.94. The molecule has 2 atom stereocenters. The van der Waals surface area contributed by atoms with Gasteiger partial charge < -0.3 is 19.5 Å². The number of hydrogen-bond acceptors (Lipinski definition) is 7. The Labute approximate surface area is 191 Å². The summed E-state index contributed by atoms with van der Waals surface area (Å²) < 4.78 is 15.8. The average Bonchev–Trinajstić information content (AvgIpc) is 3.32. The van der Waals surface area contributed by atoms with Gasteiger partial charge in [-0.3, -0.25) is 4.79 Å². The molecule has 168 valence electrons. The Hall–Kier alpha value is -2.90. The molecular formula is C25H27NO5S. The lowest BCUT2D eigenvalue weighted by atomic mass is 9.73. The smallest absolute Gasteiger partial charge is 0.336 e. The number of methoxy groups -OCH3 is 2. The summed E-state index contributed by atoms with van der Waals surface area (Å²) in [6.45, 7) is 2.36. The summed E-state index contributed by atoms with van der Waals surface area (Å²) in [5.41, 5.74) is 3.86. The van der Waals surface area contributed by atoms with Gasteiger partial charge in [0.15, 0.2) is 5.78 Å². The van der Waals surface area contributed by atoms with Crippen molar-refractivity contribution in [3.63, 3.8) is 0 Å². The monoisotopic (exact) mass is 453 g/mol. The van der Waals surface area contributed by atoms with Crippen molar-refractivity contribution in [3.8, 4) is 5.75 Å². The maximum atomic E-state index is 13.5. The van der Waals surface area contributed by atoms with Gasteiger partial charge in [-0.25, -0.2) is 4.79 Å². The van der Waals surface area contributed by atoms with Crippen molar-refractivity contribution in [2.45, 2.75) is 31.6 Å². The van der Waals surface area contributed by atoms with Gasteiger partial charge in [0.05, 0.1) is 25.2 Å². The lowest BCUT2D eigenvalue weighted by Gasteiger charge is -2.36. The predicted molar refractivity (Wildman–Crippen MR) is 123 cm³/mol. The van der Waals surface area contributed by atoms with E-state index in [0.717, 1.165) is 27.6 Å². The van der Waals surface area contributed by atoms with Crippen LogP contribution in [0.25, 0.3) is 0 Å². The number of thiophene rings is 1. The van der Waals surface area contributed by atoms with E-state index in [2.05, 4.69) is 5.32 Å². The lowest BCUT2D eigenvalue weighted by molar-refractivity contribution is -0.140. The summed E-state index contributed by atoms with van der Waals surface area (Å²) in [6.07, 6.45) is 1.08. The quantitative estimate of drug-likeness (QED) is 0.498. The molecule has 1 aliphatic heterocycles. The van der Waals surface area contributed by atoms with E-state index in [4.69, 9.17) is 14.2 Å². The number of allylic oxidation sites excluding steroid dienone is 3. The van der Waals surface area contributed by atoms with Crippen molar-refractivity contribution in [2.24, 2.45) is 0 Å². The molecule has 0 unspecified atom stereocenters. The summed E-state index contributed by atoms with van der Waals surface area (Å²) in [6, 6.07) is 11.8. The van der Waals surface area contributed by atoms with Crippen LogP contribution in [-0.2, 0) is 19.1 Å². The van der Waals surface area contributed by atoms with E-state index in [1.165, 1.54) is 0 Å². The van der Waals surface area contributed by atoms with Crippen LogP contribution in [0.2, 0.25) is 0 Å². The minimum atomic E-state index is -0.417. The van der Waals surface area contributed by atoms with Crippen LogP contribution in [0.5, 0.6) is 5.75 Å². The highest BCUT2D eigenvalue weighted by molar-refractivity contribution is 7.10. The lowest BCUT2D eigenvalue weighted by Crippen LogP contribution is -2.36. The molecule has 0 spiro atoms. The third kappa shape index (κ3) is 4.36. The molecule has 6 nitrogen and oxygen atoms in total. The first kappa shape index (κ1) is 22.3. The molecule has 0 fully saturated rings. The number of nitrogens with one attached hydrogen (secondary N) is 1. The van der Waals surface area contributed by atoms with Crippen molar-refractivity contribution in [2.75, 3.05) is 27.4 Å². The van der Waals surface area contributed by atoms with Gasteiger partial charge in [-0.2, -0.15) is 0 Å². The van der Waals surface area contributed by atoms with Gasteiger partial charge in [0.25, 0.3) is 0 Å². The fourth-order valence-electron chi connectivity index (χ4n) is 4.48. The van der Waals surface area contributed by atoms with Crippen molar-refractivity contribution in [1.29, 1.82) is 0 Å². The number of carbonyl (C=O) groups excluding carboxylic acids is 2. The largest absolute Gasteiger partial charge is 0.497 e. The second kappa shape index (κ2) is 9.71. The molecule has 1 N–H and O–H groups in total. The van der Waals surface area contributed by atoms with Crippen molar-refractivity contribution < 1.29 is 23.8 Å². The highest BCUT2D eigenvalue weighted by atomic mass is 32.1. The molecule has 32 heavy (non-hydrogen) atoms. The van der Waals surface area contributed by atoms with Crippen LogP contribution in [-0.4, -0.2) is 39.2 Å². The number of rotatable bonds is 7. The SMILES string of the molecule is COCCOC(=O)C1=C(C)NC2=C(C(=O)C[C@@H](c3cccc(OC)c3)C2)[C@@H]1c1cccs1. The van der Waals surface area contributed by atoms with Gasteiger partial charge in [-0.05, 0) is 48.4 Å². The zero-order chi connectivity index (χ0) is 22.7. The zero-order valence-electron chi connectivity index (χ0n) is 18.5. The number of Topliss-reactive ketones (excluding diaryl/α,β-unsaturated/α-hetero) is 1. The Morgan fingerprint density at radius 1 is 1.16 bits per heavy atom. The Balaban J connectivity index is 1.69. The van der Waals surface area contributed by atoms with E-state index < -0.39 is 11.9 Å². The van der Waals surface area contributed by atoms with E-state index in [9.17, 15) is 9.59 Å². The number of dihydropyridines is 1. The molecule has 1 aliphatic carbocycles. The molecule has 0 bridgehead atoms. The molecule has 2 aliphatic rings. The van der Waals surface area contributed by atoms with Gasteiger partial charge in [-0.15, -0.1) is 11.3 Å². The average molecular weight is 454 g/mol. The highest BCUT2D eigenvalue weighted by Crippen LogP contribution is 2.46. The Kier molecular flexibility index (Phi) is 6.77. The molecule has 0 amide bonds. The van der Waals surface area contributed by atoms with E-state index >= 15 is 0 Å². The first-order valence-corrected chi connectivity index (χ1v) is 11.5.